The third-order valence-electron chi connectivity index (χ3n) is 1.72. The van der Waals surface area contributed by atoms with E-state index in [2.05, 4.69) is 37.1 Å². The van der Waals surface area contributed by atoms with Gasteiger partial charge in [0.15, 0.2) is 0 Å². The lowest BCUT2D eigenvalue weighted by atomic mass is 10.3. The summed E-state index contributed by atoms with van der Waals surface area (Å²) in [6, 6.07) is 1.87. The monoisotopic (exact) mass is 401 g/mol. The predicted octanol–water partition coefficient (Wildman–Crippen LogP) is 3.80. The molecule has 0 aliphatic heterocycles. The van der Waals surface area contributed by atoms with E-state index in [0.29, 0.717) is 0 Å². The number of pyridine rings is 1. The normalized spacial score (nSPS) is 9.87. The molecule has 2 aromatic heterocycles. The van der Waals surface area contributed by atoms with Gasteiger partial charge >= 0.3 is 0 Å². The molecule has 3 nitrogen and oxygen atoms in total. The van der Waals surface area contributed by atoms with E-state index < -0.39 is 0 Å². The van der Waals surface area contributed by atoms with Crippen molar-refractivity contribution in [3.8, 4) is 0 Å². The molecular weight excluding hydrogens is 391 g/mol. The minimum Gasteiger partial charge on any atom is -0.285 e. The molecule has 0 spiro atoms. The molecule has 0 bridgehead atoms. The van der Waals surface area contributed by atoms with E-state index in [0.717, 1.165) is 20.1 Å². The highest BCUT2D eigenvalue weighted by molar-refractivity contribution is 14.2. The van der Waals surface area contributed by atoms with E-state index in [1.165, 1.54) is 0 Å². The summed E-state index contributed by atoms with van der Waals surface area (Å²) >= 11 is 5.64. The van der Waals surface area contributed by atoms with Gasteiger partial charge in [-0.3, -0.25) is 9.18 Å². The molecule has 0 saturated carbocycles. The second kappa shape index (κ2) is 5.95. The van der Waals surface area contributed by atoms with Gasteiger partial charge in [0.2, 0.25) is 12.4 Å². The molecule has 0 unspecified atom stereocenters. The topological polar surface area (TPSA) is 29.0 Å². The smallest absolute Gasteiger partial charge is 0.232 e. The fraction of sp³-hybridized carbons (Fsp3) is 0.222. The third kappa shape index (κ3) is 2.79. The first-order valence-electron chi connectivity index (χ1n) is 4.42. The van der Waals surface area contributed by atoms with Gasteiger partial charge in [-0.05, 0) is 15.9 Å². The SMILES string of the molecule is CC.O[n+]1ccc2c(c1)c(Br)cn2SI. The van der Waals surface area contributed by atoms with E-state index in [1.807, 2.05) is 30.1 Å². The highest BCUT2D eigenvalue weighted by Crippen LogP contribution is 2.30. The maximum absolute atomic E-state index is 9.21. The summed E-state index contributed by atoms with van der Waals surface area (Å²) < 4.78 is 4.06. The number of nitrogens with zero attached hydrogens (tertiary/aromatic N) is 2. The number of aromatic nitrogens is 2. The molecule has 0 amide bonds. The van der Waals surface area contributed by atoms with E-state index in [1.54, 1.807) is 21.5 Å². The van der Waals surface area contributed by atoms with Crippen molar-refractivity contribution in [3.05, 3.63) is 29.1 Å². The van der Waals surface area contributed by atoms with Crippen LogP contribution in [0.1, 0.15) is 13.8 Å². The fourth-order valence-corrected chi connectivity index (χ4v) is 3.16. The van der Waals surface area contributed by atoms with Crippen molar-refractivity contribution in [2.45, 2.75) is 13.8 Å². The Bertz CT molecular complexity index is 461. The van der Waals surface area contributed by atoms with Crippen LogP contribution in [-0.2, 0) is 0 Å². The van der Waals surface area contributed by atoms with Gasteiger partial charge in [-0.25, -0.2) is 0 Å². The van der Waals surface area contributed by atoms with Crippen molar-refractivity contribution in [2.75, 3.05) is 0 Å². The Morgan fingerprint density at radius 2 is 2.20 bits per heavy atom. The van der Waals surface area contributed by atoms with Crippen molar-refractivity contribution in [2.24, 2.45) is 0 Å². The van der Waals surface area contributed by atoms with E-state index in [9.17, 15) is 5.21 Å². The van der Waals surface area contributed by atoms with Crippen LogP contribution in [0, 0.1) is 0 Å². The standard InChI is InChI=1S/C7H5BrIN2OS.C2H6/c8-6-4-11(13-9)7-1-2-10(12)3-5(6)7;1-2/h1-4,12H;1-2H3/q+1;. The van der Waals surface area contributed by atoms with Crippen LogP contribution in [0.3, 0.4) is 0 Å². The van der Waals surface area contributed by atoms with Gasteiger partial charge in [0.05, 0.1) is 15.4 Å². The molecule has 0 saturated heterocycles. The van der Waals surface area contributed by atoms with Gasteiger partial charge < -0.3 is 0 Å². The zero-order chi connectivity index (χ0) is 11.4. The zero-order valence-corrected chi connectivity index (χ0v) is 12.9. The minimum atomic E-state index is 0.982. The molecular formula is C9H11BrIN2OS+. The number of rotatable bonds is 1. The van der Waals surface area contributed by atoms with Crippen LogP contribution in [-0.4, -0.2) is 9.18 Å². The molecule has 0 aliphatic carbocycles. The van der Waals surface area contributed by atoms with Crippen LogP contribution in [0.15, 0.2) is 29.1 Å². The number of fused-ring (bicyclic) bond motifs is 1. The van der Waals surface area contributed by atoms with Gasteiger partial charge in [-0.2, -0.15) is 0 Å². The summed E-state index contributed by atoms with van der Waals surface area (Å²) in [5, 5.41) is 10.2. The Labute approximate surface area is 113 Å². The summed E-state index contributed by atoms with van der Waals surface area (Å²) in [6.07, 6.45) is 5.25. The molecule has 2 heterocycles. The summed E-state index contributed by atoms with van der Waals surface area (Å²) in [7, 11) is 1.59. The predicted molar refractivity (Wildman–Crippen MR) is 75.4 cm³/mol. The van der Waals surface area contributed by atoms with Gasteiger partial charge in [0.25, 0.3) is 0 Å². The summed E-state index contributed by atoms with van der Waals surface area (Å²) in [5.41, 5.74) is 1.08. The maximum Gasteiger partial charge on any atom is 0.232 e. The first kappa shape index (κ1) is 13.1. The van der Waals surface area contributed by atoms with Crippen molar-refractivity contribution in [3.63, 3.8) is 0 Å². The Kier molecular flexibility index (Phi) is 5.20. The third-order valence-corrected chi connectivity index (χ3v) is 4.08. The summed E-state index contributed by atoms with van der Waals surface area (Å²) in [6.45, 7) is 4.00. The molecule has 0 atom stereocenters. The molecule has 0 fully saturated rings. The lowest BCUT2D eigenvalue weighted by Gasteiger charge is -1.93. The minimum absolute atomic E-state index is 0.982. The largest absolute Gasteiger partial charge is 0.285 e. The lowest BCUT2D eigenvalue weighted by molar-refractivity contribution is -0.904. The van der Waals surface area contributed by atoms with Crippen LogP contribution in [0.4, 0.5) is 0 Å². The van der Waals surface area contributed by atoms with Gasteiger partial charge in [-0.15, -0.1) is 0 Å². The average Bonchev–Trinajstić information content (AvgIpc) is 2.58. The molecule has 6 heteroatoms. The van der Waals surface area contributed by atoms with Crippen LogP contribution < -0.4 is 4.73 Å². The van der Waals surface area contributed by atoms with Crippen LogP contribution in [0.25, 0.3) is 10.9 Å². The Morgan fingerprint density at radius 3 is 2.80 bits per heavy atom. The van der Waals surface area contributed by atoms with Crippen molar-refractivity contribution in [1.82, 2.24) is 3.97 Å². The Morgan fingerprint density at radius 1 is 1.53 bits per heavy atom. The molecule has 2 rings (SSSR count). The number of halogens is 2. The zero-order valence-electron chi connectivity index (χ0n) is 8.32. The highest BCUT2D eigenvalue weighted by atomic mass is 127. The highest BCUT2D eigenvalue weighted by Gasteiger charge is 2.10. The molecule has 0 radical (unpaired) electrons. The molecule has 0 aromatic carbocycles. The Hall–Kier alpha value is 0.0500. The second-order valence-electron chi connectivity index (χ2n) is 2.50. The first-order valence-corrected chi connectivity index (χ1v) is 8.53. The van der Waals surface area contributed by atoms with Crippen molar-refractivity contribution in [1.29, 1.82) is 0 Å². The molecule has 0 aliphatic rings. The van der Waals surface area contributed by atoms with Crippen molar-refractivity contribution < 1.29 is 9.94 Å². The van der Waals surface area contributed by atoms with Crippen LogP contribution in [0.5, 0.6) is 0 Å². The van der Waals surface area contributed by atoms with Gasteiger partial charge in [0, 0.05) is 47.3 Å². The van der Waals surface area contributed by atoms with Gasteiger partial charge in [0.1, 0.15) is 0 Å². The molecule has 82 valence electrons. The number of hydrogen-bond acceptors (Lipinski definition) is 2. The second-order valence-corrected chi connectivity index (χ2v) is 5.06. The van der Waals surface area contributed by atoms with E-state index in [4.69, 9.17) is 0 Å². The quantitative estimate of drug-likeness (QED) is 0.447. The average molecular weight is 402 g/mol. The number of hydrogen-bond donors (Lipinski definition) is 1. The van der Waals surface area contributed by atoms with Crippen LogP contribution in [0.2, 0.25) is 0 Å². The maximum atomic E-state index is 9.21. The summed E-state index contributed by atoms with van der Waals surface area (Å²) in [4.78, 5) is 0. The first-order chi connectivity index (χ1) is 7.22. The fourth-order valence-electron chi connectivity index (χ4n) is 1.15. The summed E-state index contributed by atoms with van der Waals surface area (Å²) in [5.74, 6) is 0. The Balaban J connectivity index is 0.000000531. The van der Waals surface area contributed by atoms with Crippen molar-refractivity contribution >= 4 is 57.2 Å². The van der Waals surface area contributed by atoms with E-state index in [-0.39, 0.29) is 0 Å². The van der Waals surface area contributed by atoms with Crippen LogP contribution >= 0.6 is 46.3 Å². The lowest BCUT2D eigenvalue weighted by Crippen LogP contribution is -2.27. The van der Waals surface area contributed by atoms with Gasteiger partial charge in [-0.1, -0.05) is 13.8 Å². The molecule has 15 heavy (non-hydrogen) atoms. The van der Waals surface area contributed by atoms with E-state index >= 15 is 0 Å². The molecule has 2 aromatic rings. The molecule has 1 N–H and O–H groups in total.